The molecule has 0 N–H and O–H groups in total. The van der Waals surface area contributed by atoms with Crippen molar-refractivity contribution in [2.45, 2.75) is 52.1 Å². The van der Waals surface area contributed by atoms with Gasteiger partial charge in [-0.25, -0.2) is 4.39 Å². The van der Waals surface area contributed by atoms with E-state index in [2.05, 4.69) is 25.3 Å². The predicted molar refractivity (Wildman–Crippen MR) is 74.4 cm³/mol. The zero-order valence-corrected chi connectivity index (χ0v) is 12.0. The molecule has 1 heterocycles. The molecular formula is C15H28FNO. The van der Waals surface area contributed by atoms with E-state index in [0.29, 0.717) is 11.5 Å². The first kappa shape index (κ1) is 15.6. The summed E-state index contributed by atoms with van der Waals surface area (Å²) in [5.74, 6) is 0. The number of hydrogen-bond donors (Lipinski definition) is 0. The van der Waals surface area contributed by atoms with Gasteiger partial charge in [0.1, 0.15) is 0 Å². The van der Waals surface area contributed by atoms with Gasteiger partial charge < -0.3 is 9.64 Å². The van der Waals surface area contributed by atoms with Crippen molar-refractivity contribution in [2.75, 3.05) is 26.2 Å². The topological polar surface area (TPSA) is 12.5 Å². The lowest BCUT2D eigenvalue weighted by atomic mass is 10.0. The van der Waals surface area contributed by atoms with Crippen molar-refractivity contribution in [3.05, 3.63) is 12.9 Å². The highest BCUT2D eigenvalue weighted by Gasteiger charge is 2.44. The highest BCUT2D eigenvalue weighted by molar-refractivity contribution is 4.96. The summed E-state index contributed by atoms with van der Waals surface area (Å²) < 4.78 is 15.8. The van der Waals surface area contributed by atoms with E-state index in [1.807, 2.05) is 0 Å². The normalized spacial score (nSPS) is 22.2. The van der Waals surface area contributed by atoms with Gasteiger partial charge in [-0.15, -0.1) is 0 Å². The molecule has 2 rings (SSSR count). The third kappa shape index (κ3) is 5.96. The number of piperidine rings is 1. The number of rotatable bonds is 5. The molecule has 1 saturated carbocycles. The van der Waals surface area contributed by atoms with Gasteiger partial charge in [0.2, 0.25) is 0 Å². The molecule has 106 valence electrons. The molecule has 0 spiro atoms. The van der Waals surface area contributed by atoms with Gasteiger partial charge in [0.25, 0.3) is 0 Å². The second-order valence-corrected chi connectivity index (χ2v) is 5.85. The van der Waals surface area contributed by atoms with Gasteiger partial charge in [0.05, 0.1) is 19.0 Å². The lowest BCUT2D eigenvalue weighted by Crippen LogP contribution is -2.36. The van der Waals surface area contributed by atoms with Gasteiger partial charge in [-0.2, -0.15) is 0 Å². The van der Waals surface area contributed by atoms with E-state index in [4.69, 9.17) is 4.74 Å². The molecule has 2 aliphatic rings. The number of likely N-dealkylation sites (tertiary alicyclic amines) is 1. The Morgan fingerprint density at radius 2 is 1.83 bits per heavy atom. The Morgan fingerprint density at radius 3 is 2.28 bits per heavy atom. The van der Waals surface area contributed by atoms with Crippen LogP contribution in [0.2, 0.25) is 0 Å². The fourth-order valence-electron chi connectivity index (χ4n) is 2.46. The fraction of sp³-hybridized carbons (Fsp3) is 0.867. The van der Waals surface area contributed by atoms with Gasteiger partial charge in [0.15, 0.2) is 0 Å². The SMILES string of the molecule is C=CF.CC(C)OCC1(CN2CCCCC2)CC1. The van der Waals surface area contributed by atoms with Gasteiger partial charge in [0, 0.05) is 12.0 Å². The summed E-state index contributed by atoms with van der Waals surface area (Å²) in [6.07, 6.45) is 7.66. The average Bonchev–Trinajstić information content (AvgIpc) is 3.09. The Bertz CT molecular complexity index is 233. The molecule has 0 aromatic rings. The van der Waals surface area contributed by atoms with Crippen molar-refractivity contribution in [2.24, 2.45) is 5.41 Å². The zero-order valence-electron chi connectivity index (χ0n) is 12.0. The zero-order chi connectivity index (χ0) is 13.4. The standard InChI is InChI=1S/C13H25NO.C2H3F/c1-12(2)15-11-13(6-7-13)10-14-8-4-3-5-9-14;1-2-3/h12H,3-11H2,1-2H3;2H,1H2. The summed E-state index contributed by atoms with van der Waals surface area (Å²) in [6.45, 7) is 11.9. The molecule has 0 unspecified atom stereocenters. The maximum Gasteiger partial charge on any atom is 0.0795 e. The first-order chi connectivity index (χ1) is 8.62. The van der Waals surface area contributed by atoms with Crippen molar-refractivity contribution in [1.29, 1.82) is 0 Å². The van der Waals surface area contributed by atoms with Crippen molar-refractivity contribution >= 4 is 0 Å². The van der Waals surface area contributed by atoms with E-state index in [1.54, 1.807) is 0 Å². The van der Waals surface area contributed by atoms with Crippen LogP contribution in [0.1, 0.15) is 46.0 Å². The van der Waals surface area contributed by atoms with Gasteiger partial charge >= 0.3 is 0 Å². The molecule has 0 radical (unpaired) electrons. The first-order valence-corrected chi connectivity index (χ1v) is 7.17. The van der Waals surface area contributed by atoms with Crippen molar-refractivity contribution in [3.63, 3.8) is 0 Å². The fourth-order valence-corrected chi connectivity index (χ4v) is 2.46. The van der Waals surface area contributed by atoms with Gasteiger partial charge in [-0.1, -0.05) is 13.0 Å². The van der Waals surface area contributed by atoms with Crippen LogP contribution < -0.4 is 0 Å². The second kappa shape index (κ2) is 7.90. The minimum Gasteiger partial charge on any atom is -0.378 e. The molecule has 2 fully saturated rings. The second-order valence-electron chi connectivity index (χ2n) is 5.85. The molecule has 0 amide bonds. The van der Waals surface area contributed by atoms with Gasteiger partial charge in [-0.05, 0) is 52.6 Å². The number of hydrogen-bond acceptors (Lipinski definition) is 2. The molecule has 0 aromatic heterocycles. The van der Waals surface area contributed by atoms with Crippen LogP contribution in [-0.4, -0.2) is 37.2 Å². The van der Waals surface area contributed by atoms with E-state index < -0.39 is 0 Å². The van der Waals surface area contributed by atoms with Crippen molar-refractivity contribution in [1.82, 2.24) is 4.90 Å². The summed E-state index contributed by atoms with van der Waals surface area (Å²) in [5, 5.41) is 0. The van der Waals surface area contributed by atoms with Crippen molar-refractivity contribution < 1.29 is 9.13 Å². The van der Waals surface area contributed by atoms with Crippen LogP contribution in [0.15, 0.2) is 12.9 Å². The average molecular weight is 257 g/mol. The smallest absolute Gasteiger partial charge is 0.0795 e. The Hall–Kier alpha value is -0.410. The Morgan fingerprint density at radius 1 is 1.28 bits per heavy atom. The maximum absolute atomic E-state index is 10.1. The van der Waals surface area contributed by atoms with E-state index in [-0.39, 0.29) is 6.33 Å². The number of ether oxygens (including phenoxy) is 1. The van der Waals surface area contributed by atoms with Gasteiger partial charge in [-0.3, -0.25) is 0 Å². The van der Waals surface area contributed by atoms with Crippen LogP contribution in [0.5, 0.6) is 0 Å². The van der Waals surface area contributed by atoms with Crippen LogP contribution in [0, 0.1) is 5.41 Å². The summed E-state index contributed by atoms with van der Waals surface area (Å²) in [7, 11) is 0. The molecule has 18 heavy (non-hydrogen) atoms. The predicted octanol–water partition coefficient (Wildman–Crippen LogP) is 3.78. The monoisotopic (exact) mass is 257 g/mol. The Kier molecular flexibility index (Phi) is 6.87. The molecular weight excluding hydrogens is 229 g/mol. The van der Waals surface area contributed by atoms with E-state index in [0.717, 1.165) is 6.61 Å². The third-order valence-corrected chi connectivity index (χ3v) is 3.69. The maximum atomic E-state index is 10.1. The van der Waals surface area contributed by atoms with Crippen LogP contribution in [0.3, 0.4) is 0 Å². The molecule has 1 aliphatic carbocycles. The molecule has 1 saturated heterocycles. The van der Waals surface area contributed by atoms with E-state index in [9.17, 15) is 4.39 Å². The van der Waals surface area contributed by atoms with Crippen LogP contribution in [0.4, 0.5) is 4.39 Å². The summed E-state index contributed by atoms with van der Waals surface area (Å²) >= 11 is 0. The third-order valence-electron chi connectivity index (χ3n) is 3.69. The molecule has 0 aromatic carbocycles. The van der Waals surface area contributed by atoms with Crippen molar-refractivity contribution in [3.8, 4) is 0 Å². The van der Waals surface area contributed by atoms with Crippen LogP contribution in [-0.2, 0) is 4.74 Å². The lowest BCUT2D eigenvalue weighted by molar-refractivity contribution is 0.0287. The quantitative estimate of drug-likeness (QED) is 0.743. The lowest BCUT2D eigenvalue weighted by Gasteiger charge is -2.30. The minimum absolute atomic E-state index is 0.250. The van der Waals surface area contributed by atoms with E-state index in [1.165, 1.54) is 51.7 Å². The van der Waals surface area contributed by atoms with Crippen LogP contribution >= 0.6 is 0 Å². The molecule has 3 heteroatoms. The number of nitrogens with zero attached hydrogens (tertiary/aromatic N) is 1. The minimum atomic E-state index is 0.250. The highest BCUT2D eigenvalue weighted by Crippen LogP contribution is 2.46. The molecule has 2 nitrogen and oxygen atoms in total. The Labute approximate surface area is 111 Å². The largest absolute Gasteiger partial charge is 0.378 e. The molecule has 0 bridgehead atoms. The first-order valence-electron chi connectivity index (χ1n) is 7.17. The summed E-state index contributed by atoms with van der Waals surface area (Å²) in [6, 6.07) is 0. The molecule has 1 aliphatic heterocycles. The van der Waals surface area contributed by atoms with Crippen LogP contribution in [0.25, 0.3) is 0 Å². The number of halogens is 1. The van der Waals surface area contributed by atoms with E-state index >= 15 is 0 Å². The summed E-state index contributed by atoms with van der Waals surface area (Å²) in [4.78, 5) is 2.65. The highest BCUT2D eigenvalue weighted by atomic mass is 19.1. The summed E-state index contributed by atoms with van der Waals surface area (Å²) in [5.41, 5.74) is 0.543. The Balaban J connectivity index is 0.000000492. The molecule has 0 atom stereocenters.